The van der Waals surface area contributed by atoms with E-state index in [0.29, 0.717) is 22.1 Å². The Morgan fingerprint density at radius 2 is 1.92 bits per heavy atom. The van der Waals surface area contributed by atoms with E-state index in [1.54, 1.807) is 18.2 Å². The predicted molar refractivity (Wildman–Crippen MR) is 135 cm³/mol. The Hall–Kier alpha value is -4.76. The Balaban J connectivity index is 1.18. The van der Waals surface area contributed by atoms with Gasteiger partial charge in [-0.15, -0.1) is 0 Å². The Labute approximate surface area is 209 Å². The third-order valence-electron chi connectivity index (χ3n) is 5.57. The molecule has 0 unspecified atom stereocenters. The highest BCUT2D eigenvalue weighted by Gasteiger charge is 2.11. The second-order valence-electron chi connectivity index (χ2n) is 8.04. The van der Waals surface area contributed by atoms with Gasteiger partial charge in [-0.1, -0.05) is 41.0 Å². The maximum Gasteiger partial charge on any atom is 0.258 e. The number of nitrogens with one attached hydrogen (secondary N) is 2. The topological polar surface area (TPSA) is 119 Å². The number of hydrogen-bond donors (Lipinski definition) is 2. The molecular formula is C26H17ClN6O3. The number of aromatic amines is 1. The molecule has 0 saturated carbocycles. The van der Waals surface area contributed by atoms with Crippen molar-refractivity contribution in [1.82, 2.24) is 25.6 Å². The van der Waals surface area contributed by atoms with Gasteiger partial charge in [0.2, 0.25) is 5.95 Å². The molecule has 10 heteroatoms. The summed E-state index contributed by atoms with van der Waals surface area (Å²) >= 11 is 6.12. The lowest BCUT2D eigenvalue weighted by molar-refractivity contribution is 0.102. The number of rotatable bonds is 6. The summed E-state index contributed by atoms with van der Waals surface area (Å²) in [7, 11) is 0. The van der Waals surface area contributed by atoms with E-state index in [2.05, 4.69) is 25.9 Å². The van der Waals surface area contributed by atoms with Crippen LogP contribution in [-0.4, -0.2) is 31.5 Å². The number of pyridine rings is 1. The molecule has 0 aliphatic carbocycles. The summed E-state index contributed by atoms with van der Waals surface area (Å²) in [4.78, 5) is 17.1. The van der Waals surface area contributed by atoms with Crippen LogP contribution < -0.4 is 10.1 Å². The average Bonchev–Trinajstić information content (AvgIpc) is 3.57. The van der Waals surface area contributed by atoms with Gasteiger partial charge in [0.1, 0.15) is 23.6 Å². The molecule has 0 saturated heterocycles. The molecular weight excluding hydrogens is 480 g/mol. The van der Waals surface area contributed by atoms with Crippen molar-refractivity contribution >= 4 is 45.3 Å². The molecule has 0 aliphatic rings. The minimum atomic E-state index is -0.327. The quantitative estimate of drug-likeness (QED) is 0.306. The zero-order valence-corrected chi connectivity index (χ0v) is 19.4. The summed E-state index contributed by atoms with van der Waals surface area (Å²) in [6.07, 6.45) is 0. The molecule has 36 heavy (non-hydrogen) atoms. The summed E-state index contributed by atoms with van der Waals surface area (Å²) in [5, 5.41) is 18.1. The van der Waals surface area contributed by atoms with Crippen LogP contribution in [0.25, 0.3) is 33.3 Å². The third kappa shape index (κ3) is 4.47. The van der Waals surface area contributed by atoms with E-state index < -0.39 is 0 Å². The first kappa shape index (κ1) is 21.8. The first-order chi connectivity index (χ1) is 17.6. The average molecular weight is 497 g/mol. The Morgan fingerprint density at radius 3 is 2.81 bits per heavy atom. The minimum absolute atomic E-state index is 0.178. The van der Waals surface area contributed by atoms with Crippen LogP contribution in [0.1, 0.15) is 15.9 Å². The molecule has 0 radical (unpaired) electrons. The second-order valence-corrected chi connectivity index (χ2v) is 8.47. The molecule has 3 heterocycles. The number of carbonyl (C=O) groups is 1. The molecule has 0 atom stereocenters. The van der Waals surface area contributed by atoms with Crippen molar-refractivity contribution in [2.45, 2.75) is 6.61 Å². The zero-order chi connectivity index (χ0) is 24.5. The lowest BCUT2D eigenvalue weighted by atomic mass is 10.1. The molecule has 0 bridgehead atoms. The van der Waals surface area contributed by atoms with Gasteiger partial charge in [-0.2, -0.15) is 0 Å². The van der Waals surface area contributed by atoms with Crippen molar-refractivity contribution < 1.29 is 13.9 Å². The highest BCUT2D eigenvalue weighted by Crippen LogP contribution is 2.31. The molecule has 2 N–H and O–H groups in total. The number of tetrazole rings is 1. The van der Waals surface area contributed by atoms with Crippen molar-refractivity contribution in [2.75, 3.05) is 5.32 Å². The fourth-order valence-electron chi connectivity index (χ4n) is 3.83. The number of amides is 1. The van der Waals surface area contributed by atoms with E-state index in [-0.39, 0.29) is 18.5 Å². The number of aromatic nitrogens is 5. The Bertz CT molecular complexity index is 1710. The summed E-state index contributed by atoms with van der Waals surface area (Å²) in [5.74, 6) is 1.19. The van der Waals surface area contributed by atoms with Crippen LogP contribution in [0.2, 0.25) is 5.02 Å². The molecule has 0 spiro atoms. The largest absolute Gasteiger partial charge is 0.489 e. The van der Waals surface area contributed by atoms with E-state index >= 15 is 0 Å². The van der Waals surface area contributed by atoms with Gasteiger partial charge in [-0.05, 0) is 70.6 Å². The van der Waals surface area contributed by atoms with Gasteiger partial charge in [0.15, 0.2) is 5.76 Å². The molecule has 6 rings (SSSR count). The van der Waals surface area contributed by atoms with Crippen molar-refractivity contribution in [3.05, 3.63) is 95.0 Å². The number of benzene rings is 3. The van der Waals surface area contributed by atoms with Gasteiger partial charge in [-0.25, -0.2) is 10.1 Å². The van der Waals surface area contributed by atoms with Gasteiger partial charge in [0.25, 0.3) is 5.91 Å². The lowest BCUT2D eigenvalue weighted by Gasteiger charge is -2.08. The van der Waals surface area contributed by atoms with Crippen molar-refractivity contribution in [3.63, 3.8) is 0 Å². The number of furan rings is 1. The maximum atomic E-state index is 12.4. The SMILES string of the molecule is O=C(Nc1nnn[nH]1)c1cccc(COc2ccc3oc(-c4ccc5ccc(Cl)cc5n4)cc3c2)c1. The van der Waals surface area contributed by atoms with E-state index in [1.165, 1.54) is 0 Å². The predicted octanol–water partition coefficient (Wildman–Crippen LogP) is 5.65. The minimum Gasteiger partial charge on any atom is -0.489 e. The Kier molecular flexibility index (Phi) is 5.51. The highest BCUT2D eigenvalue weighted by molar-refractivity contribution is 6.31. The molecule has 1 amide bonds. The zero-order valence-electron chi connectivity index (χ0n) is 18.6. The van der Waals surface area contributed by atoms with Gasteiger partial charge >= 0.3 is 0 Å². The van der Waals surface area contributed by atoms with Crippen LogP contribution >= 0.6 is 11.6 Å². The molecule has 6 aromatic rings. The molecule has 3 aromatic carbocycles. The first-order valence-electron chi connectivity index (χ1n) is 11.0. The van der Waals surface area contributed by atoms with Crippen LogP contribution in [0.3, 0.4) is 0 Å². The van der Waals surface area contributed by atoms with Crippen molar-refractivity contribution in [3.8, 4) is 17.2 Å². The second kappa shape index (κ2) is 9.12. The number of anilines is 1. The van der Waals surface area contributed by atoms with E-state index in [9.17, 15) is 4.79 Å². The number of ether oxygens (including phenoxy) is 1. The number of H-pyrrole nitrogens is 1. The fraction of sp³-hybridized carbons (Fsp3) is 0.0385. The Morgan fingerprint density at radius 1 is 1.00 bits per heavy atom. The number of halogens is 1. The monoisotopic (exact) mass is 496 g/mol. The smallest absolute Gasteiger partial charge is 0.258 e. The highest BCUT2D eigenvalue weighted by atomic mass is 35.5. The van der Waals surface area contributed by atoms with E-state index in [1.807, 2.05) is 60.7 Å². The van der Waals surface area contributed by atoms with E-state index in [0.717, 1.165) is 33.1 Å². The van der Waals surface area contributed by atoms with Gasteiger partial charge < -0.3 is 9.15 Å². The van der Waals surface area contributed by atoms with Crippen LogP contribution in [0, 0.1) is 0 Å². The van der Waals surface area contributed by atoms with Crippen molar-refractivity contribution in [2.24, 2.45) is 0 Å². The number of nitrogens with zero attached hydrogens (tertiary/aromatic N) is 4. The van der Waals surface area contributed by atoms with Crippen LogP contribution in [-0.2, 0) is 6.61 Å². The summed E-state index contributed by atoms with van der Waals surface area (Å²) in [6.45, 7) is 0.286. The molecule has 176 valence electrons. The summed E-state index contributed by atoms with van der Waals surface area (Å²) in [5.41, 5.74) is 3.56. The molecule has 9 nitrogen and oxygen atoms in total. The normalized spacial score (nSPS) is 11.1. The van der Waals surface area contributed by atoms with E-state index in [4.69, 9.17) is 25.7 Å². The van der Waals surface area contributed by atoms with Gasteiger partial charge in [0, 0.05) is 21.4 Å². The third-order valence-corrected chi connectivity index (χ3v) is 5.80. The van der Waals surface area contributed by atoms with Crippen molar-refractivity contribution in [1.29, 1.82) is 0 Å². The molecule has 0 aliphatic heterocycles. The fourth-order valence-corrected chi connectivity index (χ4v) is 3.99. The number of hydrogen-bond acceptors (Lipinski definition) is 7. The summed E-state index contributed by atoms with van der Waals surface area (Å²) in [6, 6.07) is 24.2. The molecule has 0 fully saturated rings. The number of fused-ring (bicyclic) bond motifs is 2. The summed E-state index contributed by atoms with van der Waals surface area (Å²) < 4.78 is 12.0. The maximum absolute atomic E-state index is 12.4. The van der Waals surface area contributed by atoms with Gasteiger partial charge in [0.05, 0.1) is 5.52 Å². The number of carbonyl (C=O) groups excluding carboxylic acids is 1. The van der Waals surface area contributed by atoms with Gasteiger partial charge in [-0.3, -0.25) is 10.1 Å². The standard InChI is InChI=1S/C26H17ClN6O3/c27-19-6-4-16-5-8-21(28-22(16)13-19)24-12-18-11-20(7-9-23(18)36-24)35-14-15-2-1-3-17(10-15)25(34)29-26-30-32-33-31-26/h1-13H,14H2,(H2,29,30,31,32,33,34). The van der Waals surface area contributed by atoms with Crippen LogP contribution in [0.15, 0.2) is 83.3 Å². The molecule has 3 aromatic heterocycles. The lowest BCUT2D eigenvalue weighted by Crippen LogP contribution is -2.13. The first-order valence-corrected chi connectivity index (χ1v) is 11.4. The van der Waals surface area contributed by atoms with Crippen LogP contribution in [0.5, 0.6) is 5.75 Å². The van der Waals surface area contributed by atoms with Crippen LogP contribution in [0.4, 0.5) is 5.95 Å².